The van der Waals surface area contributed by atoms with Gasteiger partial charge in [0.25, 0.3) is 5.82 Å². The van der Waals surface area contributed by atoms with Crippen molar-refractivity contribution in [3.63, 3.8) is 0 Å². The average Bonchev–Trinajstić information content (AvgIpc) is 3.04. The number of aromatic amines is 1. The third-order valence-electron chi connectivity index (χ3n) is 5.04. The van der Waals surface area contributed by atoms with Crippen molar-refractivity contribution in [1.82, 2.24) is 0 Å². The summed E-state index contributed by atoms with van der Waals surface area (Å²) in [6.45, 7) is 0.320. The highest BCUT2D eigenvalue weighted by atomic mass is 79.9. The minimum absolute atomic E-state index is 0.320. The van der Waals surface area contributed by atoms with E-state index >= 15 is 0 Å². The Balaban J connectivity index is 1.65. The predicted molar refractivity (Wildman–Crippen MR) is 110 cm³/mol. The molecule has 2 aromatic heterocycles. The molecule has 1 aromatic carbocycles. The number of benzene rings is 1. The number of nitrogens with one attached hydrogen (secondary N) is 1. The van der Waals surface area contributed by atoms with E-state index in [0.717, 1.165) is 52.7 Å². The molecule has 0 unspecified atom stereocenters. The molecule has 0 saturated carbocycles. The van der Waals surface area contributed by atoms with Crippen LogP contribution in [0.15, 0.2) is 45.3 Å². The van der Waals surface area contributed by atoms with E-state index in [9.17, 15) is 5.26 Å². The number of nitrogens with zero attached hydrogens (tertiary/aromatic N) is 1. The minimum Gasteiger partial charge on any atom is -0.486 e. The number of hydrogen-bond donors (Lipinski definition) is 1. The maximum Gasteiger partial charge on any atom is 0.289 e. The fourth-order valence-electron chi connectivity index (χ4n) is 3.67. The molecular weight excluding hydrogens is 418 g/mol. The van der Waals surface area contributed by atoms with Gasteiger partial charge in [0, 0.05) is 16.5 Å². The maximum atomic E-state index is 9.69. The van der Waals surface area contributed by atoms with E-state index in [0.29, 0.717) is 29.5 Å². The number of rotatable bonds is 4. The maximum absolute atomic E-state index is 9.69. The standard InChI is InChI=1S/C22H20BrN3O2/c23-14-6-8-15(9-7-14)27-13-16-10-11-20(28-16)21-17-4-2-1-3-5-19(17)26-22(25)18(21)12-24/h6-11H,1-5,13H2,(H2,25,26)/p+1. The molecule has 3 aromatic rings. The van der Waals surface area contributed by atoms with E-state index in [1.807, 2.05) is 36.4 Å². The molecule has 0 atom stereocenters. The Morgan fingerprint density at radius 3 is 2.68 bits per heavy atom. The van der Waals surface area contributed by atoms with Gasteiger partial charge < -0.3 is 9.15 Å². The van der Waals surface area contributed by atoms with E-state index < -0.39 is 0 Å². The lowest BCUT2D eigenvalue weighted by Gasteiger charge is -2.11. The Morgan fingerprint density at radius 2 is 1.89 bits per heavy atom. The third-order valence-corrected chi connectivity index (χ3v) is 5.57. The van der Waals surface area contributed by atoms with Gasteiger partial charge in [0.15, 0.2) is 5.56 Å². The first-order valence-corrected chi connectivity index (χ1v) is 10.2. The van der Waals surface area contributed by atoms with Gasteiger partial charge in [-0.2, -0.15) is 5.26 Å². The van der Waals surface area contributed by atoms with Gasteiger partial charge in [-0.15, -0.1) is 0 Å². The lowest BCUT2D eigenvalue weighted by Crippen LogP contribution is -2.21. The summed E-state index contributed by atoms with van der Waals surface area (Å²) in [5.74, 6) is 2.55. The Hall–Kier alpha value is -2.78. The smallest absolute Gasteiger partial charge is 0.289 e. The van der Waals surface area contributed by atoms with Crippen LogP contribution >= 0.6 is 15.9 Å². The monoisotopic (exact) mass is 438 g/mol. The Bertz CT molecular complexity index is 1040. The van der Waals surface area contributed by atoms with Crippen molar-refractivity contribution >= 4 is 21.7 Å². The first kappa shape index (κ1) is 18.6. The molecule has 4 rings (SSSR count). The highest BCUT2D eigenvalue weighted by molar-refractivity contribution is 9.10. The zero-order valence-corrected chi connectivity index (χ0v) is 17.0. The molecule has 2 heterocycles. The summed E-state index contributed by atoms with van der Waals surface area (Å²) in [5, 5.41) is 9.69. The number of aromatic nitrogens is 1. The van der Waals surface area contributed by atoms with Crippen LogP contribution in [0.3, 0.4) is 0 Å². The number of anilines is 1. The third kappa shape index (κ3) is 3.76. The molecule has 1 aliphatic rings. The van der Waals surface area contributed by atoms with Gasteiger partial charge in [0.2, 0.25) is 0 Å². The number of furan rings is 1. The Kier molecular flexibility index (Phi) is 5.36. The van der Waals surface area contributed by atoms with Crippen LogP contribution in [0.25, 0.3) is 11.3 Å². The molecule has 0 saturated heterocycles. The molecule has 0 radical (unpaired) electrons. The molecule has 0 bridgehead atoms. The van der Waals surface area contributed by atoms with Gasteiger partial charge >= 0.3 is 0 Å². The summed E-state index contributed by atoms with van der Waals surface area (Å²) in [4.78, 5) is 3.24. The number of pyridine rings is 1. The number of ether oxygens (including phenoxy) is 1. The quantitative estimate of drug-likeness (QED) is 0.591. The number of aryl methyl sites for hydroxylation is 1. The summed E-state index contributed by atoms with van der Waals surface area (Å²) in [5.41, 5.74) is 9.70. The van der Waals surface area contributed by atoms with Crippen molar-refractivity contribution in [3.8, 4) is 23.1 Å². The predicted octanol–water partition coefficient (Wildman–Crippen LogP) is 4.82. The van der Waals surface area contributed by atoms with Gasteiger partial charge in [-0.05, 0) is 55.7 Å². The lowest BCUT2D eigenvalue weighted by molar-refractivity contribution is -0.373. The highest BCUT2D eigenvalue weighted by Gasteiger charge is 2.26. The van der Waals surface area contributed by atoms with Crippen LogP contribution in [-0.2, 0) is 19.4 Å². The van der Waals surface area contributed by atoms with Crippen LogP contribution in [0.1, 0.15) is 41.8 Å². The van der Waals surface area contributed by atoms with Gasteiger partial charge in [-0.1, -0.05) is 22.4 Å². The molecule has 5 nitrogen and oxygen atoms in total. The number of nitrogens with two attached hydrogens (primary N) is 1. The second-order valence-electron chi connectivity index (χ2n) is 6.93. The largest absolute Gasteiger partial charge is 0.486 e. The lowest BCUT2D eigenvalue weighted by atomic mass is 9.95. The van der Waals surface area contributed by atoms with Crippen LogP contribution < -0.4 is 15.5 Å². The summed E-state index contributed by atoms with van der Waals surface area (Å²) in [6.07, 6.45) is 5.26. The summed E-state index contributed by atoms with van der Waals surface area (Å²) in [7, 11) is 0. The molecule has 6 heteroatoms. The van der Waals surface area contributed by atoms with Gasteiger partial charge in [-0.3, -0.25) is 5.73 Å². The van der Waals surface area contributed by atoms with Crippen LogP contribution in [0.5, 0.6) is 5.75 Å². The number of hydrogen-bond acceptors (Lipinski definition) is 4. The first-order valence-electron chi connectivity index (χ1n) is 9.40. The summed E-state index contributed by atoms with van der Waals surface area (Å²) < 4.78 is 12.9. The SMILES string of the molecule is N#Cc1c(N)[nH+]c2c(c1-c1ccc(COc3ccc(Br)cc3)o1)CCCCC2. The fraction of sp³-hybridized carbons (Fsp3) is 0.273. The Labute approximate surface area is 172 Å². The second kappa shape index (κ2) is 8.07. The Morgan fingerprint density at radius 1 is 1.11 bits per heavy atom. The summed E-state index contributed by atoms with van der Waals surface area (Å²) >= 11 is 3.41. The molecular formula is C22H21BrN3O2+. The van der Waals surface area contributed by atoms with E-state index in [2.05, 4.69) is 27.0 Å². The number of H-pyrrole nitrogens is 1. The van der Waals surface area contributed by atoms with E-state index in [1.165, 1.54) is 6.42 Å². The van der Waals surface area contributed by atoms with Crippen molar-refractivity contribution in [2.45, 2.75) is 38.7 Å². The number of nitriles is 1. The van der Waals surface area contributed by atoms with Crippen LogP contribution in [0, 0.1) is 11.3 Å². The zero-order valence-electron chi connectivity index (χ0n) is 15.4. The topological polar surface area (TPSA) is 86.3 Å². The molecule has 0 fully saturated rings. The van der Waals surface area contributed by atoms with Crippen molar-refractivity contribution in [2.75, 3.05) is 5.73 Å². The van der Waals surface area contributed by atoms with Crippen LogP contribution in [0.4, 0.5) is 5.82 Å². The number of nitrogen functional groups attached to an aromatic ring is 1. The molecule has 0 aliphatic heterocycles. The molecule has 0 spiro atoms. The van der Waals surface area contributed by atoms with E-state index in [1.54, 1.807) is 0 Å². The fourth-order valence-corrected chi connectivity index (χ4v) is 3.93. The molecule has 0 amide bonds. The van der Waals surface area contributed by atoms with Gasteiger partial charge in [-0.25, -0.2) is 4.98 Å². The summed E-state index contributed by atoms with van der Waals surface area (Å²) in [6, 6.07) is 13.7. The van der Waals surface area contributed by atoms with Gasteiger partial charge in [0.05, 0.1) is 5.56 Å². The molecule has 1 aliphatic carbocycles. The van der Waals surface area contributed by atoms with Crippen molar-refractivity contribution < 1.29 is 14.1 Å². The number of halogens is 1. The average molecular weight is 439 g/mol. The van der Waals surface area contributed by atoms with Crippen molar-refractivity contribution in [3.05, 3.63) is 63.5 Å². The molecule has 142 valence electrons. The van der Waals surface area contributed by atoms with Crippen LogP contribution in [0.2, 0.25) is 0 Å². The second-order valence-corrected chi connectivity index (χ2v) is 7.84. The normalized spacial score (nSPS) is 13.4. The van der Waals surface area contributed by atoms with Crippen LogP contribution in [-0.4, -0.2) is 0 Å². The zero-order chi connectivity index (χ0) is 19.5. The van der Waals surface area contributed by atoms with Crippen molar-refractivity contribution in [1.29, 1.82) is 5.26 Å². The van der Waals surface area contributed by atoms with Gasteiger partial charge in [0.1, 0.15) is 35.6 Å². The molecule has 3 N–H and O–H groups in total. The van der Waals surface area contributed by atoms with Crippen molar-refractivity contribution in [2.24, 2.45) is 0 Å². The van der Waals surface area contributed by atoms with E-state index in [-0.39, 0.29) is 0 Å². The highest BCUT2D eigenvalue weighted by Crippen LogP contribution is 2.35. The first-order chi connectivity index (χ1) is 13.7. The minimum atomic E-state index is 0.320. The molecule has 28 heavy (non-hydrogen) atoms. The van der Waals surface area contributed by atoms with E-state index in [4.69, 9.17) is 14.9 Å². The number of fused-ring (bicyclic) bond motifs is 1.